The molecule has 9 heteroatoms. The number of hydrogen-bond acceptors (Lipinski definition) is 6. The summed E-state index contributed by atoms with van der Waals surface area (Å²) in [6.07, 6.45) is 3.22. The third-order valence-electron chi connectivity index (χ3n) is 8.10. The molecule has 0 saturated carbocycles. The Balaban J connectivity index is 1.35. The minimum Gasteiger partial charge on any atom is -0.432 e. The summed E-state index contributed by atoms with van der Waals surface area (Å²) in [5, 5.41) is 12.5. The summed E-state index contributed by atoms with van der Waals surface area (Å²) < 4.78 is 6.47. The van der Waals surface area contributed by atoms with Crippen LogP contribution in [0.4, 0.5) is 11.4 Å². The van der Waals surface area contributed by atoms with Crippen LogP contribution in [0.3, 0.4) is 0 Å². The van der Waals surface area contributed by atoms with Gasteiger partial charge in [-0.15, -0.1) is 0 Å². The number of nitrogens with two attached hydrogens (primary N) is 1. The van der Waals surface area contributed by atoms with Gasteiger partial charge < -0.3 is 30.6 Å². The molecule has 2 aromatic carbocycles. The highest BCUT2D eigenvalue weighted by molar-refractivity contribution is 6.71. The molecule has 0 unspecified atom stereocenters. The highest BCUT2D eigenvalue weighted by Crippen LogP contribution is 2.45. The van der Waals surface area contributed by atoms with Crippen LogP contribution in [0.1, 0.15) is 48.5 Å². The first kappa shape index (κ1) is 28.3. The maximum Gasteiger partial charge on any atom is 0.255 e. The molecule has 5 atom stereocenters. The molecule has 0 aliphatic carbocycles. The van der Waals surface area contributed by atoms with Crippen molar-refractivity contribution < 1.29 is 24.2 Å². The highest BCUT2D eigenvalue weighted by atomic mass is 28.4. The summed E-state index contributed by atoms with van der Waals surface area (Å²) in [5.41, 5.74) is 8.67. The zero-order chi connectivity index (χ0) is 27.4. The summed E-state index contributed by atoms with van der Waals surface area (Å²) in [5.74, 6) is -0.0306. The lowest BCUT2D eigenvalue weighted by Gasteiger charge is -2.31. The van der Waals surface area contributed by atoms with Crippen LogP contribution in [0.15, 0.2) is 48.5 Å². The largest absolute Gasteiger partial charge is 0.432 e. The van der Waals surface area contributed by atoms with Gasteiger partial charge in [0.05, 0.1) is 31.3 Å². The first-order valence-corrected chi connectivity index (χ1v) is 16.6. The van der Waals surface area contributed by atoms with Crippen molar-refractivity contribution >= 4 is 31.5 Å². The van der Waals surface area contributed by atoms with E-state index in [1.807, 2.05) is 37.4 Å². The lowest BCUT2D eigenvalue weighted by molar-refractivity contribution is -0.135. The standard InChI is InChI=1S/C29H41N3O5Si/c1-19-25(37-26(28(19)38(2,3)36)17-27(34)32-16-4-5-24(32)18-33)15-8-20-6-13-23(14-7-20)31-29(35)21-9-11-22(30)12-10-21/h6-7,9-14,19,24-26,28,33,36H,4-5,8,15-18,30H2,1-3H3,(H,31,35)/t19-,24-,25+,26-,28+/m0/s1. The third-order valence-corrected chi connectivity index (χ3v) is 10.6. The van der Waals surface area contributed by atoms with Crippen molar-refractivity contribution in [3.8, 4) is 0 Å². The van der Waals surface area contributed by atoms with E-state index in [1.54, 1.807) is 29.2 Å². The highest BCUT2D eigenvalue weighted by Gasteiger charge is 2.50. The molecule has 2 aromatic rings. The number of anilines is 2. The number of carbonyl (C=O) groups is 2. The normalized spacial score (nSPS) is 25.5. The van der Waals surface area contributed by atoms with Crippen LogP contribution >= 0.6 is 0 Å². The van der Waals surface area contributed by atoms with Crippen LogP contribution in [0.5, 0.6) is 0 Å². The summed E-state index contributed by atoms with van der Waals surface area (Å²) >= 11 is 0. The SMILES string of the molecule is C[C@@H]1[C@@H]([Si](C)(C)O)[C@H](CC(=O)N2CCC[C@H]2CO)O[C@@H]1CCc1ccc(NC(=O)c2ccc(N)cc2)cc1. The smallest absolute Gasteiger partial charge is 0.255 e. The molecule has 0 bridgehead atoms. The number of rotatable bonds is 9. The number of nitrogens with one attached hydrogen (secondary N) is 1. The van der Waals surface area contributed by atoms with Gasteiger partial charge in [0.15, 0.2) is 8.32 Å². The van der Waals surface area contributed by atoms with Gasteiger partial charge in [-0.3, -0.25) is 9.59 Å². The van der Waals surface area contributed by atoms with Crippen molar-refractivity contribution in [1.29, 1.82) is 0 Å². The van der Waals surface area contributed by atoms with Gasteiger partial charge in [-0.25, -0.2) is 0 Å². The molecule has 38 heavy (non-hydrogen) atoms. The van der Waals surface area contributed by atoms with E-state index in [4.69, 9.17) is 10.5 Å². The third kappa shape index (κ3) is 6.64. The number of aryl methyl sites for hydroxylation is 1. The molecule has 2 aliphatic heterocycles. The number of carbonyl (C=O) groups excluding carboxylic acids is 2. The molecule has 0 spiro atoms. The minimum atomic E-state index is -2.58. The Morgan fingerprint density at radius 3 is 2.42 bits per heavy atom. The van der Waals surface area contributed by atoms with Gasteiger partial charge in [0, 0.05) is 29.0 Å². The van der Waals surface area contributed by atoms with Crippen LogP contribution in [0, 0.1) is 5.92 Å². The molecule has 2 aliphatic rings. The van der Waals surface area contributed by atoms with Crippen LogP contribution < -0.4 is 11.1 Å². The minimum absolute atomic E-state index is 0.0101. The maximum absolute atomic E-state index is 13.1. The van der Waals surface area contributed by atoms with Crippen LogP contribution in [-0.2, 0) is 16.0 Å². The predicted octanol–water partition coefficient (Wildman–Crippen LogP) is 3.80. The van der Waals surface area contributed by atoms with E-state index >= 15 is 0 Å². The van der Waals surface area contributed by atoms with Gasteiger partial charge in [0.1, 0.15) is 0 Å². The van der Waals surface area contributed by atoms with Gasteiger partial charge in [-0.1, -0.05) is 19.1 Å². The van der Waals surface area contributed by atoms with Crippen LogP contribution in [-0.4, -0.2) is 66.3 Å². The maximum atomic E-state index is 13.1. The second-order valence-electron chi connectivity index (χ2n) is 11.3. The zero-order valence-electron chi connectivity index (χ0n) is 22.6. The Hall–Kier alpha value is -2.72. The average molecular weight is 540 g/mol. The van der Waals surface area contributed by atoms with Crippen molar-refractivity contribution in [3.05, 3.63) is 59.7 Å². The van der Waals surface area contributed by atoms with E-state index in [2.05, 4.69) is 12.2 Å². The average Bonchev–Trinajstić information content (AvgIpc) is 3.48. The lowest BCUT2D eigenvalue weighted by atomic mass is 9.95. The Bertz CT molecular complexity index is 1100. The first-order chi connectivity index (χ1) is 18.1. The number of likely N-dealkylation sites (tertiary alicyclic amines) is 1. The summed E-state index contributed by atoms with van der Waals surface area (Å²) in [6, 6.07) is 14.5. The number of ether oxygens (including phenoxy) is 1. The van der Waals surface area contributed by atoms with E-state index in [-0.39, 0.29) is 54.6 Å². The number of nitrogen functional groups attached to an aromatic ring is 1. The molecule has 2 fully saturated rings. The van der Waals surface area contributed by atoms with E-state index in [0.29, 0.717) is 17.8 Å². The lowest BCUT2D eigenvalue weighted by Crippen LogP contribution is -2.43. The fourth-order valence-electron chi connectivity index (χ4n) is 6.15. The fraction of sp³-hybridized carbons (Fsp3) is 0.517. The fourth-order valence-corrected chi connectivity index (χ4v) is 8.76. The quantitative estimate of drug-likeness (QED) is 0.284. The second-order valence-corrected chi connectivity index (χ2v) is 15.3. The number of nitrogens with zero attached hydrogens (tertiary/aromatic N) is 1. The molecule has 206 valence electrons. The molecule has 2 heterocycles. The number of benzene rings is 2. The van der Waals surface area contributed by atoms with Crippen molar-refractivity contribution in [2.45, 2.75) is 75.9 Å². The van der Waals surface area contributed by atoms with Gasteiger partial charge in [0.25, 0.3) is 5.91 Å². The van der Waals surface area contributed by atoms with Crippen molar-refractivity contribution in [3.63, 3.8) is 0 Å². The number of aliphatic hydroxyl groups excluding tert-OH is 1. The second kappa shape index (κ2) is 12.0. The van der Waals surface area contributed by atoms with E-state index in [1.165, 1.54) is 0 Å². The monoisotopic (exact) mass is 539 g/mol. The number of aliphatic hydroxyl groups is 1. The molecule has 2 saturated heterocycles. The van der Waals surface area contributed by atoms with E-state index < -0.39 is 8.32 Å². The van der Waals surface area contributed by atoms with Crippen molar-refractivity contribution in [2.75, 3.05) is 24.2 Å². The molecular weight excluding hydrogens is 498 g/mol. The zero-order valence-corrected chi connectivity index (χ0v) is 23.6. The molecule has 0 aromatic heterocycles. The predicted molar refractivity (Wildman–Crippen MR) is 151 cm³/mol. The van der Waals surface area contributed by atoms with Crippen molar-refractivity contribution in [2.24, 2.45) is 5.92 Å². The molecule has 4 rings (SSSR count). The summed E-state index contributed by atoms with van der Waals surface area (Å²) in [6.45, 7) is 6.66. The van der Waals surface area contributed by atoms with Crippen LogP contribution in [0.25, 0.3) is 0 Å². The van der Waals surface area contributed by atoms with Crippen LogP contribution in [0.2, 0.25) is 18.6 Å². The molecular formula is C29H41N3O5Si. The number of amides is 2. The summed E-state index contributed by atoms with van der Waals surface area (Å²) in [4.78, 5) is 38.4. The molecule has 0 radical (unpaired) electrons. The van der Waals surface area contributed by atoms with Crippen molar-refractivity contribution in [1.82, 2.24) is 4.90 Å². The molecule has 2 amide bonds. The Kier molecular flexibility index (Phi) is 8.92. The number of hydrogen-bond donors (Lipinski definition) is 4. The van der Waals surface area contributed by atoms with Gasteiger partial charge >= 0.3 is 0 Å². The van der Waals surface area contributed by atoms with Gasteiger partial charge in [0.2, 0.25) is 5.91 Å². The van der Waals surface area contributed by atoms with E-state index in [0.717, 1.165) is 36.9 Å². The topological polar surface area (TPSA) is 125 Å². The Labute approximate surface area is 226 Å². The summed E-state index contributed by atoms with van der Waals surface area (Å²) in [7, 11) is -2.58. The van der Waals surface area contributed by atoms with Gasteiger partial charge in [-0.05, 0) is 86.7 Å². The Morgan fingerprint density at radius 1 is 1.11 bits per heavy atom. The first-order valence-electron chi connectivity index (χ1n) is 13.6. The van der Waals surface area contributed by atoms with E-state index in [9.17, 15) is 19.5 Å². The van der Waals surface area contributed by atoms with Gasteiger partial charge in [-0.2, -0.15) is 0 Å². The molecule has 8 nitrogen and oxygen atoms in total. The molecule has 5 N–H and O–H groups in total. The Morgan fingerprint density at radius 2 is 1.79 bits per heavy atom.